The van der Waals surface area contributed by atoms with Gasteiger partial charge in [0.1, 0.15) is 5.75 Å². The van der Waals surface area contributed by atoms with Gasteiger partial charge in [0.25, 0.3) is 0 Å². The third-order valence-electron chi connectivity index (χ3n) is 5.12. The molecular weight excluding hydrogens is 366 g/mol. The zero-order valence-electron chi connectivity index (χ0n) is 18.1. The number of unbranched alkanes of at least 4 members (excludes halogenated alkanes) is 2. The summed E-state index contributed by atoms with van der Waals surface area (Å²) in [5.74, 6) is 2.31. The largest absolute Gasteiger partial charge is 0.496 e. The van der Waals surface area contributed by atoms with Crippen molar-refractivity contribution < 1.29 is 19.0 Å². The van der Waals surface area contributed by atoms with Crippen molar-refractivity contribution in [3.63, 3.8) is 0 Å². The summed E-state index contributed by atoms with van der Waals surface area (Å²) >= 11 is 0. The zero-order valence-corrected chi connectivity index (χ0v) is 18.1. The molecule has 0 saturated heterocycles. The second-order valence-electron chi connectivity index (χ2n) is 6.98. The fourth-order valence-electron chi connectivity index (χ4n) is 3.38. The SMILES string of the molecule is CCN(CCCCCC(=O)c1ccc(OC)c(OC)c1)Cc1ccccc1OC. The molecule has 2 aromatic carbocycles. The molecule has 0 aliphatic rings. The summed E-state index contributed by atoms with van der Waals surface area (Å²) in [6.07, 6.45) is 3.54. The third-order valence-corrected chi connectivity index (χ3v) is 5.12. The van der Waals surface area contributed by atoms with Crippen LogP contribution in [-0.2, 0) is 6.54 Å². The summed E-state index contributed by atoms with van der Waals surface area (Å²) in [5, 5.41) is 0. The fraction of sp³-hybridized carbons (Fsp3) is 0.458. The third kappa shape index (κ3) is 6.79. The molecule has 5 heteroatoms. The highest BCUT2D eigenvalue weighted by Crippen LogP contribution is 2.28. The van der Waals surface area contributed by atoms with Gasteiger partial charge < -0.3 is 14.2 Å². The molecule has 0 bridgehead atoms. The number of methoxy groups -OCH3 is 3. The first-order valence-electron chi connectivity index (χ1n) is 10.2. The van der Waals surface area contributed by atoms with Gasteiger partial charge in [0, 0.05) is 24.1 Å². The van der Waals surface area contributed by atoms with Gasteiger partial charge in [-0.1, -0.05) is 31.5 Å². The Morgan fingerprint density at radius 2 is 1.59 bits per heavy atom. The Bertz CT molecular complexity index is 775. The number of ketones is 1. The molecule has 0 aliphatic heterocycles. The number of hydrogen-bond acceptors (Lipinski definition) is 5. The number of rotatable bonds is 13. The first-order chi connectivity index (χ1) is 14.1. The van der Waals surface area contributed by atoms with Crippen LogP contribution in [0.4, 0.5) is 0 Å². The lowest BCUT2D eigenvalue weighted by atomic mass is 10.0. The second-order valence-corrected chi connectivity index (χ2v) is 6.98. The van der Waals surface area contributed by atoms with Crippen LogP contribution in [0, 0.1) is 0 Å². The Kier molecular flexibility index (Phi) is 9.51. The van der Waals surface area contributed by atoms with Crippen LogP contribution in [0.2, 0.25) is 0 Å². The standard InChI is InChI=1S/C24H33NO4/c1-5-25(18-20-11-8-9-13-22(20)27-2)16-10-6-7-12-21(26)19-14-15-23(28-3)24(17-19)29-4/h8-9,11,13-15,17H,5-7,10,12,16,18H2,1-4H3. The molecule has 0 unspecified atom stereocenters. The quantitative estimate of drug-likeness (QED) is 0.351. The van der Waals surface area contributed by atoms with Crippen molar-refractivity contribution in [3.05, 3.63) is 53.6 Å². The normalized spacial score (nSPS) is 10.8. The van der Waals surface area contributed by atoms with E-state index in [0.717, 1.165) is 44.6 Å². The lowest BCUT2D eigenvalue weighted by molar-refractivity contribution is 0.0978. The van der Waals surface area contributed by atoms with Gasteiger partial charge in [0.2, 0.25) is 0 Å². The molecule has 158 valence electrons. The second kappa shape index (κ2) is 12.1. The van der Waals surface area contributed by atoms with Crippen molar-refractivity contribution in [2.45, 2.75) is 39.2 Å². The van der Waals surface area contributed by atoms with Crippen molar-refractivity contribution in [1.29, 1.82) is 0 Å². The summed E-state index contributed by atoms with van der Waals surface area (Å²) in [7, 11) is 4.88. The van der Waals surface area contributed by atoms with Crippen LogP contribution in [0.15, 0.2) is 42.5 Å². The molecule has 0 spiro atoms. The molecule has 2 aromatic rings. The van der Waals surface area contributed by atoms with Crippen molar-refractivity contribution in [2.75, 3.05) is 34.4 Å². The molecule has 0 atom stereocenters. The molecule has 0 aliphatic carbocycles. The number of ether oxygens (including phenoxy) is 3. The minimum absolute atomic E-state index is 0.146. The lowest BCUT2D eigenvalue weighted by Crippen LogP contribution is -2.24. The summed E-state index contributed by atoms with van der Waals surface area (Å²) in [5.41, 5.74) is 1.88. The van der Waals surface area contributed by atoms with Gasteiger partial charge in [0.05, 0.1) is 21.3 Å². The molecule has 29 heavy (non-hydrogen) atoms. The molecule has 0 heterocycles. The van der Waals surface area contributed by atoms with Gasteiger partial charge in [-0.25, -0.2) is 0 Å². The number of para-hydroxylation sites is 1. The Labute approximate surface area is 174 Å². The van der Waals surface area contributed by atoms with Crippen molar-refractivity contribution >= 4 is 5.78 Å². The van der Waals surface area contributed by atoms with Gasteiger partial charge in [-0.3, -0.25) is 9.69 Å². The predicted molar refractivity (Wildman–Crippen MR) is 116 cm³/mol. The minimum atomic E-state index is 0.146. The maximum absolute atomic E-state index is 12.5. The molecular formula is C24H33NO4. The highest BCUT2D eigenvalue weighted by Gasteiger charge is 2.11. The summed E-state index contributed by atoms with van der Waals surface area (Å²) in [4.78, 5) is 14.9. The van der Waals surface area contributed by atoms with Crippen molar-refractivity contribution in [1.82, 2.24) is 4.90 Å². The van der Waals surface area contributed by atoms with Crippen LogP contribution in [-0.4, -0.2) is 45.1 Å². The highest BCUT2D eigenvalue weighted by molar-refractivity contribution is 5.96. The average Bonchev–Trinajstić information content (AvgIpc) is 2.77. The molecule has 0 amide bonds. The first kappa shape index (κ1) is 22.8. The van der Waals surface area contributed by atoms with E-state index < -0.39 is 0 Å². The fourth-order valence-corrected chi connectivity index (χ4v) is 3.38. The van der Waals surface area contributed by atoms with Gasteiger partial charge in [0.15, 0.2) is 17.3 Å². The van der Waals surface area contributed by atoms with Crippen LogP contribution in [0.3, 0.4) is 0 Å². The summed E-state index contributed by atoms with van der Waals surface area (Å²) in [6, 6.07) is 13.5. The van der Waals surface area contributed by atoms with E-state index in [1.165, 1.54) is 5.56 Å². The Hall–Kier alpha value is -2.53. The first-order valence-corrected chi connectivity index (χ1v) is 10.2. The number of nitrogens with zero attached hydrogens (tertiary/aromatic N) is 1. The topological polar surface area (TPSA) is 48.0 Å². The van der Waals surface area contributed by atoms with Crippen molar-refractivity contribution in [2.24, 2.45) is 0 Å². The molecule has 0 fully saturated rings. The van der Waals surface area contributed by atoms with E-state index in [1.54, 1.807) is 39.5 Å². The monoisotopic (exact) mass is 399 g/mol. The van der Waals surface area contributed by atoms with E-state index in [9.17, 15) is 4.79 Å². The van der Waals surface area contributed by atoms with Crippen LogP contribution in [0.5, 0.6) is 17.2 Å². The highest BCUT2D eigenvalue weighted by atomic mass is 16.5. The van der Waals surface area contributed by atoms with E-state index in [4.69, 9.17) is 14.2 Å². The average molecular weight is 400 g/mol. The van der Waals surface area contributed by atoms with E-state index in [2.05, 4.69) is 17.9 Å². The molecule has 0 N–H and O–H groups in total. The van der Waals surface area contributed by atoms with Gasteiger partial charge in [-0.15, -0.1) is 0 Å². The van der Waals surface area contributed by atoms with Gasteiger partial charge >= 0.3 is 0 Å². The van der Waals surface area contributed by atoms with Crippen LogP contribution in [0.25, 0.3) is 0 Å². The number of hydrogen-bond donors (Lipinski definition) is 0. The maximum atomic E-state index is 12.5. The maximum Gasteiger partial charge on any atom is 0.163 e. The molecule has 0 saturated carbocycles. The predicted octanol–water partition coefficient (Wildman–Crippen LogP) is 4.98. The lowest BCUT2D eigenvalue weighted by Gasteiger charge is -2.21. The molecule has 2 rings (SSSR count). The number of Topliss-reactive ketones (excluding diaryl/α,β-unsaturated/α-hetero) is 1. The van der Waals surface area contributed by atoms with E-state index in [1.807, 2.05) is 18.2 Å². The van der Waals surface area contributed by atoms with E-state index in [-0.39, 0.29) is 5.78 Å². The Balaban J connectivity index is 1.76. The van der Waals surface area contributed by atoms with E-state index >= 15 is 0 Å². The van der Waals surface area contributed by atoms with Gasteiger partial charge in [-0.05, 0) is 50.2 Å². The van der Waals surface area contributed by atoms with Gasteiger partial charge in [-0.2, -0.15) is 0 Å². The number of carbonyl (C=O) groups is 1. The minimum Gasteiger partial charge on any atom is -0.496 e. The summed E-state index contributed by atoms with van der Waals surface area (Å²) < 4.78 is 16.0. The van der Waals surface area contributed by atoms with Crippen LogP contribution >= 0.6 is 0 Å². The van der Waals surface area contributed by atoms with Crippen molar-refractivity contribution in [3.8, 4) is 17.2 Å². The van der Waals surface area contributed by atoms with Crippen LogP contribution < -0.4 is 14.2 Å². The number of benzene rings is 2. The Morgan fingerprint density at radius 1 is 0.862 bits per heavy atom. The molecule has 5 nitrogen and oxygen atoms in total. The number of carbonyl (C=O) groups excluding carboxylic acids is 1. The molecule has 0 aromatic heterocycles. The van der Waals surface area contributed by atoms with E-state index in [0.29, 0.717) is 23.5 Å². The molecule has 0 radical (unpaired) electrons. The Morgan fingerprint density at radius 3 is 2.28 bits per heavy atom. The zero-order chi connectivity index (χ0) is 21.1. The van der Waals surface area contributed by atoms with Crippen LogP contribution in [0.1, 0.15) is 48.5 Å². The smallest absolute Gasteiger partial charge is 0.163 e. The summed E-state index contributed by atoms with van der Waals surface area (Å²) in [6.45, 7) is 5.06.